The van der Waals surface area contributed by atoms with E-state index < -0.39 is 49.2 Å². The van der Waals surface area contributed by atoms with Crippen LogP contribution in [0, 0.1) is 12.8 Å². The molecule has 0 radical (unpaired) electrons. The van der Waals surface area contributed by atoms with Crippen molar-refractivity contribution in [2.24, 2.45) is 5.92 Å². The number of ether oxygens (including phenoxy) is 1. The average Bonchev–Trinajstić information content (AvgIpc) is 3.87. The molecule has 0 saturated carbocycles. The lowest BCUT2D eigenvalue weighted by Crippen LogP contribution is -2.62. The second-order valence-electron chi connectivity index (χ2n) is 14.9. The fourth-order valence-corrected chi connectivity index (χ4v) is 8.86. The van der Waals surface area contributed by atoms with Gasteiger partial charge in [0.2, 0.25) is 17.7 Å². The number of aryl methyl sites for hydroxylation is 1. The highest BCUT2D eigenvalue weighted by Gasteiger charge is 2.48. The molecule has 1 aromatic heterocycles. The van der Waals surface area contributed by atoms with E-state index in [9.17, 15) is 37.9 Å². The third-order valence-electron chi connectivity index (χ3n) is 11.2. The summed E-state index contributed by atoms with van der Waals surface area (Å²) in [5.41, 5.74) is 2.04. The zero-order chi connectivity index (χ0) is 40.0. The first-order valence-corrected chi connectivity index (χ1v) is 20.5. The van der Waals surface area contributed by atoms with Crippen molar-refractivity contribution < 1.29 is 47.2 Å². The van der Waals surface area contributed by atoms with Crippen LogP contribution in [0.3, 0.4) is 0 Å². The third-order valence-corrected chi connectivity index (χ3v) is 12.1. The summed E-state index contributed by atoms with van der Waals surface area (Å²) in [6, 6.07) is 21.4. The average molecular weight is 798 g/mol. The van der Waals surface area contributed by atoms with Crippen LogP contribution in [0.5, 0.6) is 0 Å². The molecule has 3 aliphatic heterocycles. The van der Waals surface area contributed by atoms with Crippen LogP contribution in [-0.4, -0.2) is 105 Å². The van der Waals surface area contributed by atoms with Crippen LogP contribution < -0.4 is 5.32 Å². The summed E-state index contributed by atoms with van der Waals surface area (Å²) in [6.45, 7) is 2.83. The van der Waals surface area contributed by atoms with E-state index in [0.717, 1.165) is 11.1 Å². The zero-order valence-corrected chi connectivity index (χ0v) is 31.9. The number of rotatable bonds is 7. The first kappa shape index (κ1) is 38.4. The minimum atomic E-state index is -5.08. The molecule has 0 aliphatic carbocycles. The van der Waals surface area contributed by atoms with Gasteiger partial charge in [0.1, 0.15) is 6.04 Å². The van der Waals surface area contributed by atoms with Crippen molar-refractivity contribution in [2.45, 2.75) is 43.8 Å². The normalized spacial score (nSPS) is 22.2. The maximum absolute atomic E-state index is 14.9. The SMILES string of the molecule is Cc1ccc2onc(C(=O)N3CC(C(=O)N4CCOC[C@@H]4c4ccccc4)[C@H]4CCCN4C(=O)[C@@H](NC(=O)c4ccc5ccc(C(F)P(=O)(O)O)cc5c4)C3)c2c1. The molecule has 3 fully saturated rings. The Hall–Kier alpha value is -5.47. The van der Waals surface area contributed by atoms with E-state index >= 15 is 0 Å². The van der Waals surface area contributed by atoms with E-state index in [4.69, 9.17) is 9.26 Å². The molecule has 4 heterocycles. The van der Waals surface area contributed by atoms with Gasteiger partial charge < -0.3 is 39.1 Å². The second kappa shape index (κ2) is 15.5. The Morgan fingerprint density at radius 1 is 0.965 bits per heavy atom. The predicted octanol–water partition coefficient (Wildman–Crippen LogP) is 4.90. The number of hydrogen-bond donors (Lipinski definition) is 3. The Bertz CT molecular complexity index is 2420. The topological polar surface area (TPSA) is 183 Å². The fourth-order valence-electron chi connectivity index (χ4n) is 8.31. The molecule has 16 heteroatoms. The molecular weight excluding hydrogens is 756 g/mol. The molecule has 2 unspecified atom stereocenters. The molecule has 57 heavy (non-hydrogen) atoms. The van der Waals surface area contributed by atoms with E-state index in [1.165, 1.54) is 35.2 Å². The summed E-state index contributed by atoms with van der Waals surface area (Å²) >= 11 is 0. The van der Waals surface area contributed by atoms with Gasteiger partial charge in [-0.15, -0.1) is 0 Å². The summed E-state index contributed by atoms with van der Waals surface area (Å²) < 4.78 is 37.6. The van der Waals surface area contributed by atoms with Gasteiger partial charge in [0.25, 0.3) is 11.8 Å². The van der Waals surface area contributed by atoms with Gasteiger partial charge in [-0.2, -0.15) is 0 Å². The third kappa shape index (κ3) is 7.55. The van der Waals surface area contributed by atoms with Crippen molar-refractivity contribution in [1.82, 2.24) is 25.2 Å². The van der Waals surface area contributed by atoms with Crippen molar-refractivity contribution in [1.29, 1.82) is 0 Å². The van der Waals surface area contributed by atoms with E-state index in [1.807, 2.05) is 43.3 Å². The highest BCUT2D eigenvalue weighted by atomic mass is 31.2. The van der Waals surface area contributed by atoms with Crippen LogP contribution in [0.1, 0.15) is 62.3 Å². The van der Waals surface area contributed by atoms with Crippen molar-refractivity contribution in [3.8, 4) is 0 Å². The molecule has 4 aromatic carbocycles. The number of aromatic nitrogens is 1. The Morgan fingerprint density at radius 3 is 2.54 bits per heavy atom. The molecule has 14 nitrogen and oxygen atoms in total. The van der Waals surface area contributed by atoms with Crippen LogP contribution in [0.25, 0.3) is 21.7 Å². The van der Waals surface area contributed by atoms with Gasteiger partial charge in [0.05, 0.1) is 37.1 Å². The largest absolute Gasteiger partial charge is 0.377 e. The summed E-state index contributed by atoms with van der Waals surface area (Å²) in [5, 5.41) is 8.36. The highest BCUT2D eigenvalue weighted by molar-refractivity contribution is 7.51. The molecule has 296 valence electrons. The fraction of sp³-hybridized carbons (Fsp3) is 0.341. The van der Waals surface area contributed by atoms with E-state index in [1.54, 1.807) is 28.0 Å². The van der Waals surface area contributed by atoms with Crippen molar-refractivity contribution >= 4 is 53.0 Å². The molecule has 5 atom stereocenters. The molecule has 3 N–H and O–H groups in total. The van der Waals surface area contributed by atoms with Gasteiger partial charge in [0, 0.05) is 31.2 Å². The van der Waals surface area contributed by atoms with Gasteiger partial charge in [0.15, 0.2) is 11.3 Å². The number of carbonyl (C=O) groups is 4. The van der Waals surface area contributed by atoms with E-state index in [2.05, 4.69) is 10.5 Å². The van der Waals surface area contributed by atoms with Crippen molar-refractivity contribution in [3.63, 3.8) is 0 Å². The standard InChI is InChI=1S/C41H41FN5O9P/c1-24-9-14-35-30(18-24)36(44-56-35)41(51)45-21-31(39(49)47-16-17-55-23-34(47)26-6-3-2-4-7-26)33-8-5-15-46(33)40(50)32(22-45)43-38(48)28-13-11-25-10-12-27(19-29(25)20-28)37(42)57(52,53)54/h2-4,6-7,9-14,18-20,31-34,37H,5,8,15-17,21-23H2,1H3,(H,43,48)(H2,52,53,54)/t31?,32-,33+,34+,37?/m0/s1. The number of benzene rings is 4. The van der Waals surface area contributed by atoms with Gasteiger partial charge in [-0.1, -0.05) is 65.3 Å². The first-order valence-electron chi connectivity index (χ1n) is 18.8. The van der Waals surface area contributed by atoms with Crippen LogP contribution in [0.2, 0.25) is 0 Å². The number of alkyl halides is 1. The molecule has 8 rings (SSSR count). The Kier molecular flexibility index (Phi) is 10.4. The van der Waals surface area contributed by atoms with Crippen LogP contribution in [0.15, 0.2) is 89.5 Å². The summed E-state index contributed by atoms with van der Waals surface area (Å²) in [7, 11) is -5.08. The number of morpholine rings is 1. The lowest BCUT2D eigenvalue weighted by atomic mass is 9.91. The van der Waals surface area contributed by atoms with Gasteiger partial charge in [-0.25, -0.2) is 4.39 Å². The minimum absolute atomic E-state index is 0.0154. The van der Waals surface area contributed by atoms with Gasteiger partial charge in [-0.3, -0.25) is 23.7 Å². The van der Waals surface area contributed by atoms with Crippen molar-refractivity contribution in [2.75, 3.05) is 39.4 Å². The number of hydrogen-bond acceptors (Lipinski definition) is 8. The smallest absolute Gasteiger partial charge is 0.363 e. The Morgan fingerprint density at radius 2 is 1.75 bits per heavy atom. The van der Waals surface area contributed by atoms with Gasteiger partial charge in [-0.05, 0) is 72.0 Å². The monoisotopic (exact) mass is 797 g/mol. The molecule has 3 saturated heterocycles. The number of amides is 4. The minimum Gasteiger partial charge on any atom is -0.377 e. The maximum Gasteiger partial charge on any atom is 0.363 e. The van der Waals surface area contributed by atoms with Gasteiger partial charge >= 0.3 is 7.60 Å². The molecular formula is C41H41FN5O9P. The summed E-state index contributed by atoms with van der Waals surface area (Å²) in [4.78, 5) is 81.7. The lowest BCUT2D eigenvalue weighted by molar-refractivity contribution is -0.150. The maximum atomic E-state index is 14.9. The van der Waals surface area contributed by atoms with E-state index in [-0.39, 0.29) is 41.9 Å². The van der Waals surface area contributed by atoms with Crippen LogP contribution >= 0.6 is 7.60 Å². The number of carbonyl (C=O) groups excluding carboxylic acids is 4. The highest BCUT2D eigenvalue weighted by Crippen LogP contribution is 2.53. The molecule has 0 bridgehead atoms. The van der Waals surface area contributed by atoms with E-state index in [0.29, 0.717) is 60.9 Å². The predicted molar refractivity (Wildman–Crippen MR) is 206 cm³/mol. The molecule has 4 amide bonds. The Balaban J connectivity index is 1.14. The number of fused-ring (bicyclic) bond motifs is 3. The zero-order valence-electron chi connectivity index (χ0n) is 31.0. The molecule has 5 aromatic rings. The van der Waals surface area contributed by atoms with Crippen LogP contribution in [-0.2, 0) is 18.9 Å². The number of halogens is 1. The second-order valence-corrected chi connectivity index (χ2v) is 16.5. The number of nitrogens with one attached hydrogen (secondary N) is 1. The Labute approximate surface area is 326 Å². The van der Waals surface area contributed by atoms with Crippen LogP contribution in [0.4, 0.5) is 4.39 Å². The molecule has 3 aliphatic rings. The van der Waals surface area contributed by atoms with Crippen molar-refractivity contribution in [3.05, 3.63) is 113 Å². The summed E-state index contributed by atoms with van der Waals surface area (Å²) in [6.07, 6.45) is 1.12. The molecule has 0 spiro atoms. The lowest BCUT2D eigenvalue weighted by Gasteiger charge is -2.44. The quantitative estimate of drug-likeness (QED) is 0.192. The number of nitrogens with zero attached hydrogens (tertiary/aromatic N) is 4. The first-order chi connectivity index (χ1) is 27.4. The summed E-state index contributed by atoms with van der Waals surface area (Å²) in [5.74, 6) is -5.23.